The Bertz CT molecular complexity index is 326. The summed E-state index contributed by atoms with van der Waals surface area (Å²) in [7, 11) is 3.59. The number of anilines is 1. The van der Waals surface area contributed by atoms with Crippen LogP contribution in [0.1, 0.15) is 0 Å². The summed E-state index contributed by atoms with van der Waals surface area (Å²) in [5.41, 5.74) is 0.483. The van der Waals surface area contributed by atoms with Gasteiger partial charge in [0.2, 0.25) is 5.91 Å². The molecule has 0 saturated heterocycles. The molecule has 0 aliphatic rings. The molecule has 76 valence electrons. The van der Waals surface area contributed by atoms with Crippen molar-refractivity contribution in [2.45, 2.75) is 0 Å². The van der Waals surface area contributed by atoms with Gasteiger partial charge in [0.1, 0.15) is 5.82 Å². The fraction of sp³-hybridized carbons (Fsp3) is 0.300. The summed E-state index contributed by atoms with van der Waals surface area (Å²) in [5, 5.41) is 2.59. The fourth-order valence-electron chi connectivity index (χ4n) is 1.05. The second-order valence-electron chi connectivity index (χ2n) is 3.30. The summed E-state index contributed by atoms with van der Waals surface area (Å²) in [6, 6.07) is 5.83. The lowest BCUT2D eigenvalue weighted by molar-refractivity contribution is -0.116. The molecule has 0 saturated carbocycles. The van der Waals surface area contributed by atoms with E-state index >= 15 is 0 Å². The van der Waals surface area contributed by atoms with Crippen LogP contribution in [0.25, 0.3) is 0 Å². The Morgan fingerprint density at radius 3 is 2.79 bits per heavy atom. The number of hydrogen-bond donors (Lipinski definition) is 1. The molecular formula is C10H13FN2O. The van der Waals surface area contributed by atoms with E-state index in [2.05, 4.69) is 5.32 Å². The van der Waals surface area contributed by atoms with E-state index in [1.54, 1.807) is 31.1 Å². The summed E-state index contributed by atoms with van der Waals surface area (Å²) >= 11 is 0. The Balaban J connectivity index is 2.56. The molecule has 0 unspecified atom stereocenters. The highest BCUT2D eigenvalue weighted by molar-refractivity contribution is 5.92. The Morgan fingerprint density at radius 1 is 1.50 bits per heavy atom. The zero-order valence-corrected chi connectivity index (χ0v) is 8.25. The first-order valence-electron chi connectivity index (χ1n) is 4.28. The first-order valence-corrected chi connectivity index (χ1v) is 4.28. The van der Waals surface area contributed by atoms with Crippen molar-refractivity contribution in [1.82, 2.24) is 4.90 Å². The topological polar surface area (TPSA) is 32.3 Å². The fourth-order valence-corrected chi connectivity index (χ4v) is 1.05. The molecule has 1 rings (SSSR count). The van der Waals surface area contributed by atoms with Crippen molar-refractivity contribution in [2.24, 2.45) is 0 Å². The maximum Gasteiger partial charge on any atom is 0.238 e. The molecule has 0 bridgehead atoms. The number of carbonyl (C=O) groups excluding carboxylic acids is 1. The van der Waals surface area contributed by atoms with Crippen molar-refractivity contribution in [1.29, 1.82) is 0 Å². The third-order valence-corrected chi connectivity index (χ3v) is 1.57. The highest BCUT2D eigenvalue weighted by atomic mass is 19.1. The molecule has 0 fully saturated rings. The second-order valence-corrected chi connectivity index (χ2v) is 3.30. The monoisotopic (exact) mass is 196 g/mol. The summed E-state index contributed by atoms with van der Waals surface area (Å²) in [5.74, 6) is -0.506. The van der Waals surface area contributed by atoms with Gasteiger partial charge in [-0.15, -0.1) is 0 Å². The number of carbonyl (C=O) groups is 1. The second kappa shape index (κ2) is 4.72. The molecule has 0 aromatic heterocycles. The number of nitrogens with zero attached hydrogens (tertiary/aromatic N) is 1. The molecule has 0 aliphatic heterocycles. The maximum absolute atomic E-state index is 12.7. The van der Waals surface area contributed by atoms with Crippen molar-refractivity contribution in [3.63, 3.8) is 0 Å². The summed E-state index contributed by atoms with van der Waals surface area (Å²) in [6.07, 6.45) is 0. The molecule has 0 radical (unpaired) electrons. The van der Waals surface area contributed by atoms with Crippen LogP contribution < -0.4 is 5.32 Å². The first-order chi connectivity index (χ1) is 6.58. The minimum atomic E-state index is -0.354. The zero-order chi connectivity index (χ0) is 10.6. The van der Waals surface area contributed by atoms with Crippen molar-refractivity contribution in [2.75, 3.05) is 26.0 Å². The summed E-state index contributed by atoms with van der Waals surface area (Å²) in [4.78, 5) is 13.0. The molecule has 0 aliphatic carbocycles. The van der Waals surface area contributed by atoms with E-state index in [9.17, 15) is 9.18 Å². The van der Waals surface area contributed by atoms with Gasteiger partial charge in [0.05, 0.1) is 6.54 Å². The molecule has 0 spiro atoms. The van der Waals surface area contributed by atoms with E-state index in [0.717, 1.165) is 0 Å². The largest absolute Gasteiger partial charge is 0.325 e. The highest BCUT2D eigenvalue weighted by Gasteiger charge is 2.03. The predicted octanol–water partition coefficient (Wildman–Crippen LogP) is 1.33. The van der Waals surface area contributed by atoms with Crippen LogP contribution in [0.2, 0.25) is 0 Å². The van der Waals surface area contributed by atoms with Crippen molar-refractivity contribution < 1.29 is 9.18 Å². The smallest absolute Gasteiger partial charge is 0.238 e. The van der Waals surface area contributed by atoms with Gasteiger partial charge in [0.15, 0.2) is 0 Å². The average molecular weight is 196 g/mol. The normalized spacial score (nSPS) is 10.3. The van der Waals surface area contributed by atoms with Crippen LogP contribution in [0.5, 0.6) is 0 Å². The average Bonchev–Trinajstić information content (AvgIpc) is 2.01. The number of benzene rings is 1. The van der Waals surface area contributed by atoms with Crippen LogP contribution in [-0.2, 0) is 4.79 Å². The number of halogens is 1. The Hall–Kier alpha value is -1.42. The van der Waals surface area contributed by atoms with Gasteiger partial charge < -0.3 is 10.2 Å². The lowest BCUT2D eigenvalue weighted by Crippen LogP contribution is -2.27. The molecule has 4 heteroatoms. The van der Waals surface area contributed by atoms with Crippen molar-refractivity contribution in [3.05, 3.63) is 30.1 Å². The third kappa shape index (κ3) is 3.53. The minimum Gasteiger partial charge on any atom is -0.325 e. The van der Waals surface area contributed by atoms with Gasteiger partial charge in [0.25, 0.3) is 0 Å². The lowest BCUT2D eigenvalue weighted by atomic mass is 10.3. The zero-order valence-electron chi connectivity index (χ0n) is 8.25. The van der Waals surface area contributed by atoms with Gasteiger partial charge in [-0.1, -0.05) is 6.07 Å². The van der Waals surface area contributed by atoms with Gasteiger partial charge in [-0.05, 0) is 32.3 Å². The van der Waals surface area contributed by atoms with E-state index in [-0.39, 0.29) is 18.3 Å². The van der Waals surface area contributed by atoms with Crippen LogP contribution in [0.15, 0.2) is 24.3 Å². The number of amides is 1. The van der Waals surface area contributed by atoms with Crippen LogP contribution >= 0.6 is 0 Å². The van der Waals surface area contributed by atoms with E-state index < -0.39 is 0 Å². The summed E-state index contributed by atoms with van der Waals surface area (Å²) in [6.45, 7) is 0.288. The Morgan fingerprint density at radius 2 is 2.21 bits per heavy atom. The van der Waals surface area contributed by atoms with Crippen molar-refractivity contribution >= 4 is 11.6 Å². The molecular weight excluding hydrogens is 183 g/mol. The number of hydrogen-bond acceptors (Lipinski definition) is 2. The van der Waals surface area contributed by atoms with Crippen LogP contribution in [0.3, 0.4) is 0 Å². The van der Waals surface area contributed by atoms with Crippen molar-refractivity contribution in [3.8, 4) is 0 Å². The van der Waals surface area contributed by atoms with Gasteiger partial charge in [0, 0.05) is 5.69 Å². The molecule has 1 N–H and O–H groups in total. The number of nitrogens with one attached hydrogen (secondary N) is 1. The van der Waals surface area contributed by atoms with Gasteiger partial charge >= 0.3 is 0 Å². The molecule has 1 aromatic rings. The van der Waals surface area contributed by atoms with E-state index in [1.807, 2.05) is 0 Å². The Kier molecular flexibility index (Phi) is 3.59. The Labute approximate surface area is 82.5 Å². The molecule has 0 atom stereocenters. The van der Waals surface area contributed by atoms with Crippen LogP contribution in [0.4, 0.5) is 10.1 Å². The molecule has 1 aromatic carbocycles. The molecule has 3 nitrogen and oxygen atoms in total. The molecule has 14 heavy (non-hydrogen) atoms. The van der Waals surface area contributed by atoms with Gasteiger partial charge in [-0.2, -0.15) is 0 Å². The molecule has 0 heterocycles. The lowest BCUT2D eigenvalue weighted by Gasteiger charge is -2.09. The summed E-state index contributed by atoms with van der Waals surface area (Å²) < 4.78 is 12.7. The van der Waals surface area contributed by atoms with E-state index in [4.69, 9.17) is 0 Å². The van der Waals surface area contributed by atoms with E-state index in [1.165, 1.54) is 12.1 Å². The number of rotatable bonds is 3. The SMILES string of the molecule is CN(C)CC(=O)Nc1cccc(F)c1. The van der Waals surface area contributed by atoms with E-state index in [0.29, 0.717) is 5.69 Å². The van der Waals surface area contributed by atoms with Crippen LogP contribution in [-0.4, -0.2) is 31.4 Å². The highest BCUT2D eigenvalue weighted by Crippen LogP contribution is 2.08. The quantitative estimate of drug-likeness (QED) is 0.790. The van der Waals surface area contributed by atoms with Gasteiger partial charge in [-0.3, -0.25) is 4.79 Å². The maximum atomic E-state index is 12.7. The van der Waals surface area contributed by atoms with Gasteiger partial charge in [-0.25, -0.2) is 4.39 Å². The minimum absolute atomic E-state index is 0.152. The standard InChI is InChI=1S/C10H13FN2O/c1-13(2)7-10(14)12-9-5-3-4-8(11)6-9/h3-6H,7H2,1-2H3,(H,12,14). The third-order valence-electron chi connectivity index (χ3n) is 1.57. The number of likely N-dealkylation sites (N-methyl/N-ethyl adjacent to an activating group) is 1. The molecule has 1 amide bonds. The predicted molar refractivity (Wildman–Crippen MR) is 53.6 cm³/mol. The first kappa shape index (κ1) is 10.7. The van der Waals surface area contributed by atoms with Crippen LogP contribution in [0, 0.1) is 5.82 Å².